The maximum absolute atomic E-state index is 6.32. The monoisotopic (exact) mass is 416 g/mol. The Bertz CT molecular complexity index is 1190. The van der Waals surface area contributed by atoms with E-state index in [9.17, 15) is 0 Å². The van der Waals surface area contributed by atoms with Crippen molar-refractivity contribution < 1.29 is 4.52 Å². The van der Waals surface area contributed by atoms with Crippen LogP contribution in [0, 0.1) is 0 Å². The molecule has 0 fully saturated rings. The highest BCUT2D eigenvalue weighted by molar-refractivity contribution is 5.93. The number of nitrogen functional groups attached to an aromatic ring is 1. The minimum Gasteiger partial charge on any atom is -0.382 e. The van der Waals surface area contributed by atoms with Crippen LogP contribution in [-0.4, -0.2) is 24.9 Å². The van der Waals surface area contributed by atoms with Crippen LogP contribution in [0.15, 0.2) is 35.1 Å². The van der Waals surface area contributed by atoms with E-state index in [2.05, 4.69) is 26.7 Å². The van der Waals surface area contributed by atoms with E-state index < -0.39 is 0 Å². The Kier molecular flexibility index (Phi) is 5.40. The molecule has 0 saturated carbocycles. The van der Waals surface area contributed by atoms with Crippen molar-refractivity contribution in [2.75, 3.05) is 5.73 Å². The van der Waals surface area contributed by atoms with Crippen LogP contribution in [0.3, 0.4) is 0 Å². The number of rotatable bonds is 7. The van der Waals surface area contributed by atoms with E-state index in [1.165, 1.54) is 35.2 Å². The van der Waals surface area contributed by atoms with Crippen molar-refractivity contribution in [2.24, 2.45) is 0 Å². The third kappa shape index (κ3) is 3.80. The van der Waals surface area contributed by atoms with E-state index in [1.54, 1.807) is 12.4 Å². The second-order valence-electron chi connectivity index (χ2n) is 8.30. The summed E-state index contributed by atoms with van der Waals surface area (Å²) in [6.07, 6.45) is 11.8. The summed E-state index contributed by atoms with van der Waals surface area (Å²) in [6, 6.07) is 5.92. The van der Waals surface area contributed by atoms with E-state index >= 15 is 0 Å². The van der Waals surface area contributed by atoms with Crippen molar-refractivity contribution in [3.63, 3.8) is 0 Å². The maximum atomic E-state index is 6.32. The molecule has 4 aromatic heterocycles. The molecule has 0 amide bonds. The van der Waals surface area contributed by atoms with Crippen molar-refractivity contribution in [1.29, 1.82) is 0 Å². The molecule has 160 valence electrons. The fourth-order valence-electron chi connectivity index (χ4n) is 4.64. The summed E-state index contributed by atoms with van der Waals surface area (Å²) in [7, 11) is 0. The predicted molar refractivity (Wildman–Crippen MR) is 121 cm³/mol. The van der Waals surface area contributed by atoms with Crippen LogP contribution in [0.2, 0.25) is 0 Å². The molecular formula is C24H28N6O. The van der Waals surface area contributed by atoms with Gasteiger partial charge >= 0.3 is 0 Å². The molecule has 0 atom stereocenters. The number of nitrogens with two attached hydrogens (primary N) is 1. The molecule has 4 heterocycles. The van der Waals surface area contributed by atoms with Crippen LogP contribution in [0.1, 0.15) is 55.3 Å². The molecule has 31 heavy (non-hydrogen) atoms. The first-order valence-electron chi connectivity index (χ1n) is 11.3. The van der Waals surface area contributed by atoms with E-state index in [0.29, 0.717) is 5.82 Å². The quantitative estimate of drug-likeness (QED) is 0.476. The van der Waals surface area contributed by atoms with Gasteiger partial charge in [0, 0.05) is 53.8 Å². The second-order valence-corrected chi connectivity index (χ2v) is 8.30. The SMILES string of the molecule is CCCn1nc2c(N)nc3c(c2c1CCCc1cc(-c2cccnc2)no1)CCCC3. The molecule has 7 nitrogen and oxygen atoms in total. The number of aryl methyl sites for hydroxylation is 5. The van der Waals surface area contributed by atoms with Crippen LogP contribution in [0.25, 0.3) is 22.2 Å². The highest BCUT2D eigenvalue weighted by Gasteiger charge is 2.22. The number of hydrogen-bond donors (Lipinski definition) is 1. The van der Waals surface area contributed by atoms with Gasteiger partial charge in [-0.05, 0) is 62.6 Å². The molecule has 0 aliphatic heterocycles. The average Bonchev–Trinajstić information content (AvgIpc) is 3.41. The number of nitrogens with zero attached hydrogens (tertiary/aromatic N) is 5. The zero-order valence-corrected chi connectivity index (χ0v) is 18.0. The second kappa shape index (κ2) is 8.49. The van der Waals surface area contributed by atoms with Crippen molar-refractivity contribution >= 4 is 16.7 Å². The first kappa shape index (κ1) is 19.7. The van der Waals surface area contributed by atoms with Crippen LogP contribution in [-0.2, 0) is 32.2 Å². The van der Waals surface area contributed by atoms with Gasteiger partial charge in [0.15, 0.2) is 5.82 Å². The van der Waals surface area contributed by atoms with E-state index in [4.69, 9.17) is 15.4 Å². The van der Waals surface area contributed by atoms with Gasteiger partial charge in [-0.15, -0.1) is 0 Å². The first-order valence-corrected chi connectivity index (χ1v) is 11.3. The molecule has 0 unspecified atom stereocenters. The molecule has 0 bridgehead atoms. The Labute approximate surface area is 181 Å². The fourth-order valence-corrected chi connectivity index (χ4v) is 4.64. The molecule has 0 spiro atoms. The third-order valence-corrected chi connectivity index (χ3v) is 6.08. The Hall–Kier alpha value is -3.22. The normalized spacial score (nSPS) is 13.6. The molecule has 0 radical (unpaired) electrons. The van der Waals surface area contributed by atoms with Gasteiger partial charge in [0.05, 0.1) is 0 Å². The molecule has 2 N–H and O–H groups in total. The molecule has 4 aromatic rings. The Balaban J connectivity index is 1.40. The van der Waals surface area contributed by atoms with Crippen molar-refractivity contribution in [3.05, 3.63) is 53.3 Å². The molecular weight excluding hydrogens is 388 g/mol. The first-order chi connectivity index (χ1) is 15.2. The number of aromatic nitrogens is 5. The summed E-state index contributed by atoms with van der Waals surface area (Å²) >= 11 is 0. The van der Waals surface area contributed by atoms with E-state index in [1.807, 2.05) is 18.2 Å². The fraction of sp³-hybridized carbons (Fsp3) is 0.417. The Morgan fingerprint density at radius 1 is 1.19 bits per heavy atom. The lowest BCUT2D eigenvalue weighted by atomic mass is 9.91. The summed E-state index contributed by atoms with van der Waals surface area (Å²) in [4.78, 5) is 8.85. The molecule has 0 saturated heterocycles. The standard InChI is InChI=1S/C24H28N6O/c1-2-13-30-21(22-18-9-3-4-10-19(18)27-24(25)23(22)28-30)11-5-8-17-14-20(29-31-17)16-7-6-12-26-15-16/h6-7,12,14-15H,2-5,8-11,13H2,1H3,(H2,25,27). The largest absolute Gasteiger partial charge is 0.382 e. The summed E-state index contributed by atoms with van der Waals surface area (Å²) in [5.74, 6) is 1.47. The lowest BCUT2D eigenvalue weighted by Crippen LogP contribution is -2.09. The van der Waals surface area contributed by atoms with Gasteiger partial charge in [-0.1, -0.05) is 12.1 Å². The van der Waals surface area contributed by atoms with Gasteiger partial charge in [-0.2, -0.15) is 5.10 Å². The maximum Gasteiger partial charge on any atom is 0.152 e. The number of anilines is 1. The molecule has 1 aliphatic rings. The molecule has 1 aliphatic carbocycles. The molecule has 0 aromatic carbocycles. The lowest BCUT2D eigenvalue weighted by Gasteiger charge is -2.17. The minimum atomic E-state index is 0.572. The zero-order valence-electron chi connectivity index (χ0n) is 18.0. The third-order valence-electron chi connectivity index (χ3n) is 6.08. The summed E-state index contributed by atoms with van der Waals surface area (Å²) in [5, 5.41) is 10.3. The number of pyridine rings is 2. The van der Waals surface area contributed by atoms with Crippen molar-refractivity contribution in [1.82, 2.24) is 24.9 Å². The van der Waals surface area contributed by atoms with Crippen LogP contribution in [0.5, 0.6) is 0 Å². The van der Waals surface area contributed by atoms with Crippen molar-refractivity contribution in [3.8, 4) is 11.3 Å². The van der Waals surface area contributed by atoms with Crippen molar-refractivity contribution in [2.45, 2.75) is 64.8 Å². The highest BCUT2D eigenvalue weighted by atomic mass is 16.5. The summed E-state index contributed by atoms with van der Waals surface area (Å²) in [5.41, 5.74) is 12.8. The lowest BCUT2D eigenvalue weighted by molar-refractivity contribution is 0.382. The minimum absolute atomic E-state index is 0.572. The topological polar surface area (TPSA) is 95.7 Å². The predicted octanol–water partition coefficient (Wildman–Crippen LogP) is 4.53. The smallest absolute Gasteiger partial charge is 0.152 e. The van der Waals surface area contributed by atoms with Gasteiger partial charge in [-0.25, -0.2) is 4.98 Å². The zero-order chi connectivity index (χ0) is 21.2. The van der Waals surface area contributed by atoms with E-state index in [0.717, 1.165) is 67.6 Å². The van der Waals surface area contributed by atoms with E-state index in [-0.39, 0.29) is 0 Å². The highest BCUT2D eigenvalue weighted by Crippen LogP contribution is 2.33. The van der Waals surface area contributed by atoms with Gasteiger partial charge in [0.2, 0.25) is 0 Å². The summed E-state index contributed by atoms with van der Waals surface area (Å²) < 4.78 is 7.73. The van der Waals surface area contributed by atoms with Crippen LogP contribution < -0.4 is 5.73 Å². The summed E-state index contributed by atoms with van der Waals surface area (Å²) in [6.45, 7) is 3.08. The Morgan fingerprint density at radius 2 is 2.10 bits per heavy atom. The van der Waals surface area contributed by atoms with Gasteiger partial charge < -0.3 is 10.3 Å². The number of fused-ring (bicyclic) bond motifs is 3. The average molecular weight is 417 g/mol. The van der Waals surface area contributed by atoms with Gasteiger partial charge in [0.1, 0.15) is 17.0 Å². The van der Waals surface area contributed by atoms with Gasteiger partial charge in [0.25, 0.3) is 0 Å². The van der Waals surface area contributed by atoms with Crippen LogP contribution >= 0.6 is 0 Å². The van der Waals surface area contributed by atoms with Crippen LogP contribution in [0.4, 0.5) is 5.82 Å². The Morgan fingerprint density at radius 3 is 2.94 bits per heavy atom. The number of hydrogen-bond acceptors (Lipinski definition) is 6. The molecule has 7 heteroatoms. The van der Waals surface area contributed by atoms with Gasteiger partial charge in [-0.3, -0.25) is 9.67 Å². The molecule has 5 rings (SSSR count).